The Balaban J connectivity index is 2.34. The van der Waals surface area contributed by atoms with Crippen LogP contribution in [-0.2, 0) is 9.84 Å². The molecule has 0 spiro atoms. The first-order chi connectivity index (χ1) is 9.75. The van der Waals surface area contributed by atoms with Crippen molar-refractivity contribution in [2.24, 2.45) is 10.7 Å². The molecule has 0 amide bonds. The first kappa shape index (κ1) is 15.8. The van der Waals surface area contributed by atoms with Crippen LogP contribution in [0.3, 0.4) is 0 Å². The smallest absolute Gasteiger partial charge is 0.175 e. The highest BCUT2D eigenvalue weighted by Gasteiger charge is 2.07. The van der Waals surface area contributed by atoms with Gasteiger partial charge in [0.15, 0.2) is 9.84 Å². The van der Waals surface area contributed by atoms with Crippen LogP contribution in [0.25, 0.3) is 0 Å². The van der Waals surface area contributed by atoms with Crippen LogP contribution in [0.1, 0.15) is 5.56 Å². The second-order valence-corrected chi connectivity index (χ2v) is 7.31. The average Bonchev–Trinajstić information content (AvgIpc) is 2.37. The predicted octanol–water partition coefficient (Wildman–Crippen LogP) is 3.43. The Bertz CT molecular complexity index is 780. The van der Waals surface area contributed by atoms with Crippen LogP contribution >= 0.6 is 23.2 Å². The van der Waals surface area contributed by atoms with E-state index < -0.39 is 9.84 Å². The third-order valence-electron chi connectivity index (χ3n) is 2.67. The second kappa shape index (κ2) is 6.05. The molecule has 0 aliphatic carbocycles. The molecule has 110 valence electrons. The molecule has 0 fully saturated rings. The van der Waals surface area contributed by atoms with Gasteiger partial charge in [0, 0.05) is 21.9 Å². The quantitative estimate of drug-likeness (QED) is 0.685. The van der Waals surface area contributed by atoms with E-state index in [2.05, 4.69) is 4.99 Å². The van der Waals surface area contributed by atoms with Gasteiger partial charge in [-0.2, -0.15) is 0 Å². The van der Waals surface area contributed by atoms with E-state index in [0.717, 1.165) is 6.26 Å². The van der Waals surface area contributed by atoms with Crippen molar-refractivity contribution in [3.05, 3.63) is 58.1 Å². The van der Waals surface area contributed by atoms with Crippen LogP contribution in [0, 0.1) is 0 Å². The van der Waals surface area contributed by atoms with Crippen molar-refractivity contribution < 1.29 is 8.42 Å². The number of benzene rings is 2. The van der Waals surface area contributed by atoms with Gasteiger partial charge in [0.25, 0.3) is 0 Å². The molecule has 0 aromatic heterocycles. The summed E-state index contributed by atoms with van der Waals surface area (Å²) < 4.78 is 22.7. The summed E-state index contributed by atoms with van der Waals surface area (Å²) in [5, 5.41) is 0.922. The molecule has 0 radical (unpaired) electrons. The van der Waals surface area contributed by atoms with Crippen LogP contribution in [0.4, 0.5) is 5.69 Å². The fourth-order valence-electron chi connectivity index (χ4n) is 1.67. The molecule has 4 nitrogen and oxygen atoms in total. The first-order valence-electron chi connectivity index (χ1n) is 5.86. The number of rotatable bonds is 3. The summed E-state index contributed by atoms with van der Waals surface area (Å²) in [6, 6.07) is 11.0. The topological polar surface area (TPSA) is 72.5 Å². The zero-order valence-electron chi connectivity index (χ0n) is 11.0. The molecule has 0 saturated carbocycles. The number of nitrogens with two attached hydrogens (primary N) is 1. The standard InChI is InChI=1S/C14H12Cl2N2O2S/c1-21(19,20)13-4-2-12(3-5-13)18-14(17)9-6-10(15)8-11(16)7-9/h2-8H,1H3,(H2,17,18). The van der Waals surface area contributed by atoms with Gasteiger partial charge in [0.1, 0.15) is 5.84 Å². The number of nitrogens with zero attached hydrogens (tertiary/aromatic N) is 1. The van der Waals surface area contributed by atoms with E-state index in [1.165, 1.54) is 12.1 Å². The van der Waals surface area contributed by atoms with Crippen LogP contribution in [0.5, 0.6) is 0 Å². The number of hydrogen-bond donors (Lipinski definition) is 1. The minimum atomic E-state index is -3.23. The van der Waals surface area contributed by atoms with Gasteiger partial charge >= 0.3 is 0 Å². The van der Waals surface area contributed by atoms with E-state index in [0.29, 0.717) is 21.3 Å². The molecule has 0 heterocycles. The van der Waals surface area contributed by atoms with Crippen molar-refractivity contribution in [3.63, 3.8) is 0 Å². The average molecular weight is 343 g/mol. The van der Waals surface area contributed by atoms with Crippen LogP contribution < -0.4 is 5.73 Å². The molecule has 0 saturated heterocycles. The Kier molecular flexibility index (Phi) is 4.56. The van der Waals surface area contributed by atoms with Crippen molar-refractivity contribution in [3.8, 4) is 0 Å². The Morgan fingerprint density at radius 3 is 2.05 bits per heavy atom. The van der Waals surface area contributed by atoms with Crippen LogP contribution in [-0.4, -0.2) is 20.5 Å². The third-order valence-corrected chi connectivity index (χ3v) is 4.24. The molecule has 0 aliphatic heterocycles. The monoisotopic (exact) mass is 342 g/mol. The van der Waals surface area contributed by atoms with Gasteiger partial charge in [-0.3, -0.25) is 0 Å². The van der Waals surface area contributed by atoms with E-state index in [4.69, 9.17) is 28.9 Å². The lowest BCUT2D eigenvalue weighted by Gasteiger charge is -2.04. The van der Waals surface area contributed by atoms with Gasteiger partial charge in [-0.05, 0) is 42.5 Å². The zero-order chi connectivity index (χ0) is 15.6. The molecule has 2 rings (SSSR count). The van der Waals surface area contributed by atoms with Crippen molar-refractivity contribution in [2.45, 2.75) is 4.90 Å². The van der Waals surface area contributed by atoms with Crippen molar-refractivity contribution >= 4 is 44.6 Å². The molecule has 2 aromatic carbocycles. The van der Waals surface area contributed by atoms with Gasteiger partial charge < -0.3 is 5.73 Å². The Hall–Kier alpha value is -1.56. The minimum Gasteiger partial charge on any atom is -0.383 e. The highest BCUT2D eigenvalue weighted by Crippen LogP contribution is 2.21. The fourth-order valence-corrected chi connectivity index (χ4v) is 2.83. The van der Waals surface area contributed by atoms with E-state index in [9.17, 15) is 8.42 Å². The summed E-state index contributed by atoms with van der Waals surface area (Å²) in [6.07, 6.45) is 1.15. The maximum absolute atomic E-state index is 11.4. The van der Waals surface area contributed by atoms with Gasteiger partial charge in [-0.15, -0.1) is 0 Å². The SMILES string of the molecule is CS(=O)(=O)c1ccc(N=C(N)c2cc(Cl)cc(Cl)c2)cc1. The molecule has 0 bridgehead atoms. The number of sulfone groups is 1. The summed E-state index contributed by atoms with van der Waals surface area (Å²) in [5.74, 6) is 0.242. The van der Waals surface area contributed by atoms with Gasteiger partial charge in [-0.25, -0.2) is 13.4 Å². The van der Waals surface area contributed by atoms with Gasteiger partial charge in [-0.1, -0.05) is 23.2 Å². The van der Waals surface area contributed by atoms with Crippen molar-refractivity contribution in [1.29, 1.82) is 0 Å². The fraction of sp³-hybridized carbons (Fsp3) is 0.0714. The summed E-state index contributed by atoms with van der Waals surface area (Å²) in [4.78, 5) is 4.44. The molecule has 0 aliphatic rings. The Morgan fingerprint density at radius 1 is 1.05 bits per heavy atom. The maximum atomic E-state index is 11.4. The predicted molar refractivity (Wildman–Crippen MR) is 86.4 cm³/mol. The molecule has 2 aromatic rings. The molecule has 0 atom stereocenters. The molecular formula is C14H12Cl2N2O2S. The van der Waals surface area contributed by atoms with E-state index in [1.54, 1.807) is 30.3 Å². The normalized spacial score (nSPS) is 12.4. The number of amidine groups is 1. The summed E-state index contributed by atoms with van der Waals surface area (Å²) in [6.45, 7) is 0. The lowest BCUT2D eigenvalue weighted by atomic mass is 10.2. The number of halogens is 2. The summed E-state index contributed by atoms with van der Waals surface area (Å²) >= 11 is 11.8. The van der Waals surface area contributed by atoms with Gasteiger partial charge in [0.05, 0.1) is 10.6 Å². The van der Waals surface area contributed by atoms with Crippen molar-refractivity contribution in [2.75, 3.05) is 6.26 Å². The minimum absolute atomic E-state index is 0.228. The molecule has 7 heteroatoms. The van der Waals surface area contributed by atoms with Crippen LogP contribution in [0.2, 0.25) is 10.0 Å². The highest BCUT2D eigenvalue weighted by atomic mass is 35.5. The number of hydrogen-bond acceptors (Lipinski definition) is 3. The van der Waals surface area contributed by atoms with E-state index in [-0.39, 0.29) is 10.7 Å². The molecule has 2 N–H and O–H groups in total. The summed E-state index contributed by atoms with van der Waals surface area (Å²) in [7, 11) is -3.23. The Labute approximate surface area is 133 Å². The largest absolute Gasteiger partial charge is 0.383 e. The van der Waals surface area contributed by atoms with Crippen molar-refractivity contribution in [1.82, 2.24) is 0 Å². The lowest BCUT2D eigenvalue weighted by molar-refractivity contribution is 0.602. The molecular weight excluding hydrogens is 331 g/mol. The first-order valence-corrected chi connectivity index (χ1v) is 8.51. The maximum Gasteiger partial charge on any atom is 0.175 e. The lowest BCUT2D eigenvalue weighted by Crippen LogP contribution is -2.12. The van der Waals surface area contributed by atoms with Crippen LogP contribution in [0.15, 0.2) is 52.4 Å². The van der Waals surface area contributed by atoms with Gasteiger partial charge in [0.2, 0.25) is 0 Å². The molecule has 21 heavy (non-hydrogen) atoms. The summed E-state index contributed by atoms with van der Waals surface area (Å²) in [5.41, 5.74) is 7.04. The Morgan fingerprint density at radius 2 is 1.57 bits per heavy atom. The zero-order valence-corrected chi connectivity index (χ0v) is 13.4. The highest BCUT2D eigenvalue weighted by molar-refractivity contribution is 7.90. The van der Waals surface area contributed by atoms with E-state index >= 15 is 0 Å². The molecule has 0 unspecified atom stereocenters. The third kappa shape index (κ3) is 4.20. The second-order valence-electron chi connectivity index (χ2n) is 4.42. The van der Waals surface area contributed by atoms with E-state index in [1.807, 2.05) is 0 Å². The number of aliphatic imine (C=N–C) groups is 1.